The van der Waals surface area contributed by atoms with Crippen LogP contribution in [0.3, 0.4) is 0 Å². The number of esters is 2. The van der Waals surface area contributed by atoms with Crippen molar-refractivity contribution in [2.75, 3.05) is 19.8 Å². The minimum atomic E-state index is -1.14. The molecule has 2 heterocycles. The lowest BCUT2D eigenvalue weighted by molar-refractivity contribution is -0.162. The van der Waals surface area contributed by atoms with E-state index in [1.165, 1.54) is 11.3 Å². The van der Waals surface area contributed by atoms with Crippen LogP contribution in [0.2, 0.25) is 0 Å². The number of piperidine rings is 1. The lowest BCUT2D eigenvalue weighted by atomic mass is 9.87. The fourth-order valence-electron chi connectivity index (χ4n) is 4.12. The molecule has 176 valence electrons. The number of rotatable bonds is 0. The second-order valence-corrected chi connectivity index (χ2v) is 9.48. The summed E-state index contributed by atoms with van der Waals surface area (Å²) >= 11 is 0. The van der Waals surface area contributed by atoms with Crippen molar-refractivity contribution in [2.45, 2.75) is 103 Å². The van der Waals surface area contributed by atoms with E-state index in [2.05, 4.69) is 0 Å². The predicted octanol–water partition coefficient (Wildman–Crippen LogP) is 3.96. The molecule has 1 amide bonds. The normalized spacial score (nSPS) is 26.3. The highest BCUT2D eigenvalue weighted by Crippen LogP contribution is 2.24. The first-order valence-electron chi connectivity index (χ1n) is 12.0. The quantitative estimate of drug-likeness (QED) is 0.421. The Morgan fingerprint density at radius 2 is 1.39 bits per heavy atom. The second kappa shape index (κ2) is 12.8. The molecule has 2 fully saturated rings. The zero-order valence-electron chi connectivity index (χ0n) is 19.3. The van der Waals surface area contributed by atoms with E-state index < -0.39 is 29.1 Å². The van der Waals surface area contributed by atoms with Gasteiger partial charge < -0.3 is 14.4 Å². The van der Waals surface area contributed by atoms with Crippen molar-refractivity contribution in [2.24, 2.45) is 5.41 Å². The van der Waals surface area contributed by atoms with Crippen LogP contribution < -0.4 is 0 Å². The number of nitrogens with zero attached hydrogens (tertiary/aromatic N) is 1. The maximum atomic E-state index is 13.0. The summed E-state index contributed by atoms with van der Waals surface area (Å²) in [6.07, 6.45) is 11.7. The van der Waals surface area contributed by atoms with Crippen LogP contribution in [0.1, 0.15) is 97.3 Å². The minimum Gasteiger partial charge on any atom is -0.465 e. The van der Waals surface area contributed by atoms with Crippen LogP contribution in [-0.4, -0.2) is 54.3 Å². The van der Waals surface area contributed by atoms with Gasteiger partial charge in [-0.25, -0.2) is 4.79 Å². The van der Waals surface area contributed by atoms with E-state index >= 15 is 0 Å². The minimum absolute atomic E-state index is 0.140. The molecular formula is C24H39NO6. The average Bonchev–Trinajstić information content (AvgIpc) is 2.76. The van der Waals surface area contributed by atoms with Crippen molar-refractivity contribution in [3.05, 3.63) is 0 Å². The molecule has 2 rings (SSSR count). The Kier molecular flexibility index (Phi) is 10.5. The van der Waals surface area contributed by atoms with Crippen LogP contribution in [0, 0.1) is 5.41 Å². The van der Waals surface area contributed by atoms with Gasteiger partial charge >= 0.3 is 11.9 Å². The van der Waals surface area contributed by atoms with E-state index in [0.29, 0.717) is 26.0 Å². The van der Waals surface area contributed by atoms with E-state index in [9.17, 15) is 19.2 Å². The van der Waals surface area contributed by atoms with Gasteiger partial charge in [-0.3, -0.25) is 14.4 Å². The van der Waals surface area contributed by atoms with E-state index in [1.54, 1.807) is 13.8 Å². The van der Waals surface area contributed by atoms with Crippen LogP contribution in [0.25, 0.3) is 0 Å². The van der Waals surface area contributed by atoms with Crippen molar-refractivity contribution < 1.29 is 28.7 Å². The van der Waals surface area contributed by atoms with Gasteiger partial charge in [0.2, 0.25) is 5.78 Å². The van der Waals surface area contributed by atoms with Gasteiger partial charge in [0.05, 0.1) is 12.0 Å². The van der Waals surface area contributed by atoms with Gasteiger partial charge in [-0.05, 0) is 46.0 Å². The van der Waals surface area contributed by atoms with Crippen molar-refractivity contribution in [1.82, 2.24) is 4.90 Å². The molecular weight excluding hydrogens is 398 g/mol. The summed E-state index contributed by atoms with van der Waals surface area (Å²) in [6.45, 7) is 3.78. The zero-order chi connectivity index (χ0) is 22.7. The van der Waals surface area contributed by atoms with Crippen LogP contribution in [0.5, 0.6) is 0 Å². The van der Waals surface area contributed by atoms with Gasteiger partial charge in [0, 0.05) is 13.0 Å². The summed E-state index contributed by atoms with van der Waals surface area (Å²) in [5, 5.41) is 0. The Morgan fingerprint density at radius 3 is 2.06 bits per heavy atom. The maximum absolute atomic E-state index is 13.0. The Balaban J connectivity index is 2.05. The fraction of sp³-hybridized carbons (Fsp3) is 0.833. The largest absolute Gasteiger partial charge is 0.465 e. The number of ether oxygens (including phenoxy) is 2. The summed E-state index contributed by atoms with van der Waals surface area (Å²) in [7, 11) is 0. The van der Waals surface area contributed by atoms with Gasteiger partial charge in [-0.2, -0.15) is 0 Å². The van der Waals surface area contributed by atoms with Gasteiger partial charge in [-0.1, -0.05) is 44.9 Å². The smallest absolute Gasteiger partial charge is 0.328 e. The first-order valence-corrected chi connectivity index (χ1v) is 12.0. The second-order valence-electron chi connectivity index (χ2n) is 9.48. The van der Waals surface area contributed by atoms with Crippen LogP contribution in [-0.2, 0) is 28.7 Å². The third-order valence-corrected chi connectivity index (χ3v) is 6.21. The highest BCUT2D eigenvalue weighted by molar-refractivity contribution is 6.38. The molecule has 31 heavy (non-hydrogen) atoms. The Morgan fingerprint density at radius 1 is 0.774 bits per heavy atom. The first-order chi connectivity index (χ1) is 14.8. The number of cyclic esters (lactones) is 2. The standard InChI is InChI=1S/C24H39NO6/c1-24(2)18-31-20(26)15-10-8-6-4-3-5-7-9-13-17-30-23(29)19-14-11-12-16-25(19)22(28)21(24)27/h19H,3-18H2,1-2H3/t19-/m1/s1. The van der Waals surface area contributed by atoms with Crippen LogP contribution >= 0.6 is 0 Å². The van der Waals surface area contributed by atoms with E-state index in [1.807, 2.05) is 0 Å². The Hall–Kier alpha value is -1.92. The molecule has 0 unspecified atom stereocenters. The highest BCUT2D eigenvalue weighted by atomic mass is 16.5. The molecule has 0 aromatic heterocycles. The maximum Gasteiger partial charge on any atom is 0.328 e. The predicted molar refractivity (Wildman–Crippen MR) is 116 cm³/mol. The molecule has 1 atom stereocenters. The van der Waals surface area contributed by atoms with E-state index in [4.69, 9.17) is 9.47 Å². The van der Waals surface area contributed by atoms with Gasteiger partial charge in [0.1, 0.15) is 12.6 Å². The number of carbonyl (C=O) groups excluding carboxylic acids is 4. The van der Waals surface area contributed by atoms with E-state index in [-0.39, 0.29) is 12.6 Å². The first kappa shape index (κ1) is 25.3. The molecule has 0 aliphatic carbocycles. The topological polar surface area (TPSA) is 90.0 Å². The number of hydrogen-bond acceptors (Lipinski definition) is 6. The number of fused-ring (bicyclic) bond motifs is 1. The van der Waals surface area contributed by atoms with E-state index in [0.717, 1.165) is 64.2 Å². The van der Waals surface area contributed by atoms with Crippen molar-refractivity contribution in [1.29, 1.82) is 0 Å². The zero-order valence-corrected chi connectivity index (χ0v) is 19.3. The number of hydrogen-bond donors (Lipinski definition) is 0. The number of ketones is 1. The van der Waals surface area contributed by atoms with Gasteiger partial charge in [-0.15, -0.1) is 0 Å². The molecule has 0 bridgehead atoms. The van der Waals surface area contributed by atoms with Crippen LogP contribution in [0.4, 0.5) is 0 Å². The summed E-state index contributed by atoms with van der Waals surface area (Å²) < 4.78 is 10.8. The molecule has 2 aliphatic heterocycles. The number of amides is 1. The average molecular weight is 438 g/mol. The third-order valence-electron chi connectivity index (χ3n) is 6.21. The summed E-state index contributed by atoms with van der Waals surface area (Å²) in [5.74, 6) is -2.07. The lowest BCUT2D eigenvalue weighted by Gasteiger charge is -2.35. The van der Waals surface area contributed by atoms with Crippen molar-refractivity contribution in [3.8, 4) is 0 Å². The highest BCUT2D eigenvalue weighted by Gasteiger charge is 2.42. The molecule has 7 nitrogen and oxygen atoms in total. The molecule has 0 spiro atoms. The Labute approximate surface area is 186 Å². The summed E-state index contributed by atoms with van der Waals surface area (Å²) in [5.41, 5.74) is -1.14. The fourth-order valence-corrected chi connectivity index (χ4v) is 4.12. The monoisotopic (exact) mass is 437 g/mol. The molecule has 2 saturated heterocycles. The summed E-state index contributed by atoms with van der Waals surface area (Å²) in [4.78, 5) is 51.9. The van der Waals surface area contributed by atoms with Gasteiger partial charge in [0.15, 0.2) is 0 Å². The van der Waals surface area contributed by atoms with Crippen molar-refractivity contribution in [3.63, 3.8) is 0 Å². The Bertz CT molecular complexity index is 630. The third kappa shape index (κ3) is 8.26. The van der Waals surface area contributed by atoms with Crippen molar-refractivity contribution >= 4 is 23.6 Å². The number of carbonyl (C=O) groups is 4. The lowest BCUT2D eigenvalue weighted by Crippen LogP contribution is -2.53. The molecule has 0 saturated carbocycles. The van der Waals surface area contributed by atoms with Crippen LogP contribution in [0.15, 0.2) is 0 Å². The van der Waals surface area contributed by atoms with Gasteiger partial charge in [0.25, 0.3) is 5.91 Å². The molecule has 0 aromatic carbocycles. The molecule has 2 aliphatic rings. The molecule has 0 aromatic rings. The SMILES string of the molecule is CC1(C)COC(=O)CCCCCCCCCCCOC(=O)[C@H]2CCCCN2C(=O)C1=O. The summed E-state index contributed by atoms with van der Waals surface area (Å²) in [6, 6.07) is -0.711. The number of Topliss-reactive ketones (excluding diaryl/α,β-unsaturated/α-hetero) is 1. The molecule has 7 heteroatoms. The molecule has 0 radical (unpaired) electrons. The molecule has 0 N–H and O–H groups in total.